The number of benzene rings is 1. The first-order valence-corrected chi connectivity index (χ1v) is 11.2. The van der Waals surface area contributed by atoms with Gasteiger partial charge in [-0.25, -0.2) is 13.1 Å². The lowest BCUT2D eigenvalue weighted by atomic mass is 10.2. The number of carbonyl (C=O) groups excluding carboxylic acids is 1. The molecule has 9 heteroatoms. The maximum atomic E-state index is 12.9. The molecule has 2 aromatic heterocycles. The molecule has 1 N–H and O–H groups in total. The summed E-state index contributed by atoms with van der Waals surface area (Å²) in [5.41, 5.74) is 1.13. The van der Waals surface area contributed by atoms with Crippen molar-refractivity contribution in [1.29, 1.82) is 0 Å². The molecule has 0 fully saturated rings. The van der Waals surface area contributed by atoms with Gasteiger partial charge in [-0.3, -0.25) is 9.20 Å². The van der Waals surface area contributed by atoms with Crippen LogP contribution >= 0.6 is 11.8 Å². The van der Waals surface area contributed by atoms with Crippen LogP contribution in [0.25, 0.3) is 5.65 Å². The second-order valence-electron chi connectivity index (χ2n) is 6.02. The van der Waals surface area contributed by atoms with Crippen LogP contribution in [0.3, 0.4) is 0 Å². The second-order valence-corrected chi connectivity index (χ2v) is 8.72. The van der Waals surface area contributed by atoms with Crippen LogP contribution in [0.2, 0.25) is 0 Å². The highest BCUT2D eigenvalue weighted by atomic mass is 32.2. The van der Waals surface area contributed by atoms with Crippen LogP contribution in [0.5, 0.6) is 0 Å². The molecule has 3 rings (SSSR count). The molecule has 0 aliphatic carbocycles. The first-order valence-electron chi connectivity index (χ1n) is 8.34. The zero-order chi connectivity index (χ0) is 19.4. The Bertz CT molecular complexity index is 1050. The average Bonchev–Trinajstić information content (AvgIpc) is 3.09. The van der Waals surface area contributed by atoms with Gasteiger partial charge in [0.05, 0.1) is 10.9 Å². The molecule has 0 aliphatic rings. The van der Waals surface area contributed by atoms with E-state index >= 15 is 0 Å². The van der Waals surface area contributed by atoms with Gasteiger partial charge in [0.2, 0.25) is 10.0 Å². The third kappa shape index (κ3) is 4.37. The third-order valence-corrected chi connectivity index (χ3v) is 6.26. The fraction of sp³-hybridized carbons (Fsp3) is 0.278. The van der Waals surface area contributed by atoms with Gasteiger partial charge in [-0.15, -0.1) is 10.2 Å². The Morgan fingerprint density at radius 3 is 2.59 bits per heavy atom. The number of sulfonamides is 1. The van der Waals surface area contributed by atoms with E-state index in [-0.39, 0.29) is 10.7 Å². The van der Waals surface area contributed by atoms with E-state index in [1.807, 2.05) is 30.7 Å². The zero-order valence-electron chi connectivity index (χ0n) is 15.0. The van der Waals surface area contributed by atoms with Crippen molar-refractivity contribution in [3.8, 4) is 0 Å². The van der Waals surface area contributed by atoms with E-state index in [0.29, 0.717) is 23.5 Å². The normalized spacial score (nSPS) is 13.0. The van der Waals surface area contributed by atoms with Crippen LogP contribution in [0, 0.1) is 0 Å². The number of thioether (sulfide) groups is 1. The SMILES string of the molecule is CSCC[C@@H](NS(=O)(=O)c1ccc(C(C)=O)cc1)c1nnc2ccccn12. The number of fused-ring (bicyclic) bond motifs is 1. The van der Waals surface area contributed by atoms with E-state index in [2.05, 4.69) is 14.9 Å². The lowest BCUT2D eigenvalue weighted by molar-refractivity contribution is 0.101. The summed E-state index contributed by atoms with van der Waals surface area (Å²) < 4.78 is 30.2. The van der Waals surface area contributed by atoms with Crippen LogP contribution in [0.4, 0.5) is 0 Å². The number of ketones is 1. The molecule has 2 heterocycles. The summed E-state index contributed by atoms with van der Waals surface area (Å²) in [6.45, 7) is 1.44. The highest BCUT2D eigenvalue weighted by Crippen LogP contribution is 2.21. The molecule has 1 atom stereocenters. The molecule has 142 valence electrons. The standard InChI is InChI=1S/C18H20N4O3S2/c1-13(23)14-6-8-15(9-7-14)27(24,25)21-16(10-12-26-2)18-20-19-17-5-3-4-11-22(17)18/h3-9,11,16,21H,10,12H2,1-2H3/t16-/m1/s1. The Kier molecular flexibility index (Phi) is 5.93. The van der Waals surface area contributed by atoms with E-state index < -0.39 is 16.1 Å². The summed E-state index contributed by atoms with van der Waals surface area (Å²) in [7, 11) is -3.78. The van der Waals surface area contributed by atoms with Gasteiger partial charge in [0.1, 0.15) is 0 Å². The highest BCUT2D eigenvalue weighted by Gasteiger charge is 2.25. The quantitative estimate of drug-likeness (QED) is 0.580. The minimum absolute atomic E-state index is 0.107. The molecule has 0 amide bonds. The van der Waals surface area contributed by atoms with Crippen molar-refractivity contribution in [3.05, 3.63) is 60.0 Å². The molecular formula is C18H20N4O3S2. The van der Waals surface area contributed by atoms with Crippen molar-refractivity contribution in [1.82, 2.24) is 19.3 Å². The molecule has 3 aromatic rings. The molecule has 0 aliphatic heterocycles. The summed E-state index contributed by atoms with van der Waals surface area (Å²) in [5, 5.41) is 8.31. The number of nitrogens with zero attached hydrogens (tertiary/aromatic N) is 3. The van der Waals surface area contributed by atoms with Gasteiger partial charge in [-0.2, -0.15) is 11.8 Å². The average molecular weight is 405 g/mol. The Hall–Kier alpha value is -2.23. The van der Waals surface area contributed by atoms with Crippen molar-refractivity contribution in [2.75, 3.05) is 12.0 Å². The predicted molar refractivity (Wildman–Crippen MR) is 105 cm³/mol. The van der Waals surface area contributed by atoms with Crippen LogP contribution in [-0.4, -0.2) is 40.8 Å². The third-order valence-electron chi connectivity index (χ3n) is 4.13. The smallest absolute Gasteiger partial charge is 0.241 e. The minimum Gasteiger partial charge on any atom is -0.295 e. The van der Waals surface area contributed by atoms with Crippen LogP contribution in [0.1, 0.15) is 35.6 Å². The van der Waals surface area contributed by atoms with Gasteiger partial charge in [0.15, 0.2) is 17.3 Å². The van der Waals surface area contributed by atoms with Crippen molar-refractivity contribution < 1.29 is 13.2 Å². The first kappa shape index (κ1) is 19.5. The van der Waals surface area contributed by atoms with Crippen molar-refractivity contribution in [2.24, 2.45) is 0 Å². The summed E-state index contributed by atoms with van der Waals surface area (Å²) in [6.07, 6.45) is 4.35. The number of hydrogen-bond donors (Lipinski definition) is 1. The van der Waals surface area contributed by atoms with Gasteiger partial charge in [0.25, 0.3) is 0 Å². The predicted octanol–water partition coefficient (Wildman–Crippen LogP) is 2.70. The number of hydrogen-bond acceptors (Lipinski definition) is 6. The lowest BCUT2D eigenvalue weighted by Gasteiger charge is -2.17. The van der Waals surface area contributed by atoms with Crippen molar-refractivity contribution in [2.45, 2.75) is 24.3 Å². The van der Waals surface area contributed by atoms with E-state index in [1.54, 1.807) is 16.2 Å². The van der Waals surface area contributed by atoms with Crippen LogP contribution in [0.15, 0.2) is 53.6 Å². The van der Waals surface area contributed by atoms with Crippen LogP contribution < -0.4 is 4.72 Å². The second kappa shape index (κ2) is 8.20. The van der Waals surface area contributed by atoms with Gasteiger partial charge in [-0.1, -0.05) is 18.2 Å². The first-order chi connectivity index (χ1) is 12.9. The molecule has 0 bridgehead atoms. The Balaban J connectivity index is 1.92. The fourth-order valence-corrected chi connectivity index (χ4v) is 4.40. The van der Waals surface area contributed by atoms with E-state index in [9.17, 15) is 13.2 Å². The molecular weight excluding hydrogens is 384 g/mol. The summed E-state index contributed by atoms with van der Waals surface area (Å²) in [4.78, 5) is 11.5. The minimum atomic E-state index is -3.78. The Labute approximate surface area is 162 Å². The van der Waals surface area contributed by atoms with E-state index in [0.717, 1.165) is 5.75 Å². The van der Waals surface area contributed by atoms with Crippen molar-refractivity contribution in [3.63, 3.8) is 0 Å². The number of pyridine rings is 1. The molecule has 0 radical (unpaired) electrons. The lowest BCUT2D eigenvalue weighted by Crippen LogP contribution is -2.30. The molecule has 1 aromatic carbocycles. The molecule has 0 unspecified atom stereocenters. The van der Waals surface area contributed by atoms with Gasteiger partial charge >= 0.3 is 0 Å². The Morgan fingerprint density at radius 2 is 1.93 bits per heavy atom. The maximum absolute atomic E-state index is 12.9. The summed E-state index contributed by atoms with van der Waals surface area (Å²) >= 11 is 1.63. The largest absolute Gasteiger partial charge is 0.295 e. The molecule has 0 saturated heterocycles. The topological polar surface area (TPSA) is 93.4 Å². The van der Waals surface area contributed by atoms with E-state index in [1.165, 1.54) is 31.2 Å². The molecule has 27 heavy (non-hydrogen) atoms. The summed E-state index contributed by atoms with van der Waals surface area (Å²) in [5.74, 6) is 1.20. The van der Waals surface area contributed by atoms with Gasteiger partial charge < -0.3 is 0 Å². The number of aromatic nitrogens is 3. The Morgan fingerprint density at radius 1 is 1.19 bits per heavy atom. The summed E-state index contributed by atoms with van der Waals surface area (Å²) in [6, 6.07) is 10.9. The molecule has 0 spiro atoms. The maximum Gasteiger partial charge on any atom is 0.241 e. The molecule has 7 nitrogen and oxygen atoms in total. The van der Waals surface area contributed by atoms with Crippen LogP contribution in [-0.2, 0) is 10.0 Å². The zero-order valence-corrected chi connectivity index (χ0v) is 16.6. The number of carbonyl (C=O) groups is 1. The number of Topliss-reactive ketones (excluding diaryl/α,β-unsaturated/α-hetero) is 1. The van der Waals surface area contributed by atoms with Gasteiger partial charge in [-0.05, 0) is 49.6 Å². The number of rotatable bonds is 8. The van der Waals surface area contributed by atoms with Crippen molar-refractivity contribution >= 4 is 33.2 Å². The molecule has 0 saturated carbocycles. The highest BCUT2D eigenvalue weighted by molar-refractivity contribution is 7.98. The fourth-order valence-electron chi connectivity index (χ4n) is 2.70. The van der Waals surface area contributed by atoms with Gasteiger partial charge in [0, 0.05) is 11.8 Å². The number of nitrogens with one attached hydrogen (secondary N) is 1. The monoisotopic (exact) mass is 404 g/mol. The van der Waals surface area contributed by atoms with E-state index in [4.69, 9.17) is 0 Å².